The Morgan fingerprint density at radius 1 is 1.21 bits per heavy atom. The third-order valence-electron chi connectivity index (χ3n) is 5.15. The minimum atomic E-state index is -0.245. The molecule has 0 spiro atoms. The summed E-state index contributed by atoms with van der Waals surface area (Å²) in [4.78, 5) is 16.8. The normalized spacial score (nSPS) is 19.6. The first-order valence-electron chi connectivity index (χ1n) is 9.47. The Kier molecular flexibility index (Phi) is 6.73. The second-order valence-corrected chi connectivity index (χ2v) is 7.78. The molecule has 1 heterocycles. The summed E-state index contributed by atoms with van der Waals surface area (Å²) in [7, 11) is 0. The first-order valence-corrected chi connectivity index (χ1v) is 9.85. The standard InChI is InChI=1S/C22H23ClFN3O2/c1-15-12-27(16(2)11-26(15)13-17-3-6-20(24)7-4-17)22(28)14-29-21-8-5-19(23)9-18(21)10-25/h3-9,15-16H,11-14H2,1-2H3/t15?,16-/m0/s1. The van der Waals surface area contributed by atoms with Crippen molar-refractivity contribution in [2.75, 3.05) is 19.7 Å². The molecule has 3 rings (SSSR count). The van der Waals surface area contributed by atoms with Crippen LogP contribution in [0.25, 0.3) is 0 Å². The lowest BCUT2D eigenvalue weighted by atomic mass is 10.1. The number of halogens is 2. The summed E-state index contributed by atoms with van der Waals surface area (Å²) in [6.45, 7) is 5.95. The van der Waals surface area contributed by atoms with E-state index >= 15 is 0 Å². The van der Waals surface area contributed by atoms with Crippen LogP contribution in [0.2, 0.25) is 5.02 Å². The van der Waals surface area contributed by atoms with E-state index in [1.807, 2.05) is 17.9 Å². The number of nitrogens with zero attached hydrogens (tertiary/aromatic N) is 3. The Morgan fingerprint density at radius 3 is 2.62 bits per heavy atom. The lowest BCUT2D eigenvalue weighted by Crippen LogP contribution is -2.58. The highest BCUT2D eigenvalue weighted by Crippen LogP contribution is 2.23. The van der Waals surface area contributed by atoms with Crippen LogP contribution in [0.4, 0.5) is 4.39 Å². The van der Waals surface area contributed by atoms with E-state index in [1.54, 1.807) is 24.3 Å². The van der Waals surface area contributed by atoms with Crippen LogP contribution >= 0.6 is 11.6 Å². The predicted octanol–water partition coefficient (Wildman–Crippen LogP) is 3.85. The van der Waals surface area contributed by atoms with Crippen molar-refractivity contribution in [3.63, 3.8) is 0 Å². The predicted molar refractivity (Wildman–Crippen MR) is 109 cm³/mol. The molecule has 1 aliphatic heterocycles. The van der Waals surface area contributed by atoms with Crippen LogP contribution in [0.5, 0.6) is 5.75 Å². The van der Waals surface area contributed by atoms with Crippen LogP contribution in [0.3, 0.4) is 0 Å². The fourth-order valence-electron chi connectivity index (χ4n) is 3.53. The topological polar surface area (TPSA) is 56.6 Å². The molecular formula is C22H23ClFN3O2. The van der Waals surface area contributed by atoms with Gasteiger partial charge in [-0.3, -0.25) is 9.69 Å². The number of benzene rings is 2. The first-order chi connectivity index (χ1) is 13.9. The van der Waals surface area contributed by atoms with Gasteiger partial charge in [0.2, 0.25) is 0 Å². The van der Waals surface area contributed by atoms with Crippen LogP contribution in [0.1, 0.15) is 25.0 Å². The maximum atomic E-state index is 13.1. The van der Waals surface area contributed by atoms with E-state index in [2.05, 4.69) is 11.8 Å². The highest BCUT2D eigenvalue weighted by Gasteiger charge is 2.32. The Morgan fingerprint density at radius 2 is 1.93 bits per heavy atom. The molecule has 1 saturated heterocycles. The van der Waals surface area contributed by atoms with Gasteiger partial charge in [-0.1, -0.05) is 23.7 Å². The molecule has 152 valence electrons. The number of nitriles is 1. The van der Waals surface area contributed by atoms with Gasteiger partial charge < -0.3 is 9.64 Å². The molecule has 0 aliphatic carbocycles. The Bertz CT molecular complexity index is 913. The molecule has 7 heteroatoms. The van der Waals surface area contributed by atoms with Gasteiger partial charge in [-0.05, 0) is 49.7 Å². The van der Waals surface area contributed by atoms with Crippen molar-refractivity contribution in [3.05, 3.63) is 64.4 Å². The molecule has 2 aromatic carbocycles. The van der Waals surface area contributed by atoms with Crippen LogP contribution in [0.15, 0.2) is 42.5 Å². The van der Waals surface area contributed by atoms with E-state index in [4.69, 9.17) is 16.3 Å². The van der Waals surface area contributed by atoms with E-state index in [0.717, 1.165) is 5.56 Å². The SMILES string of the molecule is CC1CN(C(=O)COc2ccc(Cl)cc2C#N)[C@@H](C)CN1Cc1ccc(F)cc1. The van der Waals surface area contributed by atoms with E-state index < -0.39 is 0 Å². The minimum Gasteiger partial charge on any atom is -0.482 e. The van der Waals surface area contributed by atoms with Crippen LogP contribution < -0.4 is 4.74 Å². The summed E-state index contributed by atoms with van der Waals surface area (Å²) in [6.07, 6.45) is 0. The van der Waals surface area contributed by atoms with Crippen molar-refractivity contribution >= 4 is 17.5 Å². The summed E-state index contributed by atoms with van der Waals surface area (Å²) >= 11 is 5.89. The molecule has 1 fully saturated rings. The number of piperazine rings is 1. The Labute approximate surface area is 175 Å². The number of hydrogen-bond donors (Lipinski definition) is 0. The quantitative estimate of drug-likeness (QED) is 0.744. The molecule has 0 radical (unpaired) electrons. The third-order valence-corrected chi connectivity index (χ3v) is 5.38. The van der Waals surface area contributed by atoms with E-state index in [0.29, 0.717) is 36.0 Å². The van der Waals surface area contributed by atoms with Gasteiger partial charge in [-0.2, -0.15) is 5.26 Å². The van der Waals surface area contributed by atoms with E-state index in [9.17, 15) is 14.4 Å². The summed E-state index contributed by atoms with van der Waals surface area (Å²) in [5.74, 6) is -0.0173. The zero-order chi connectivity index (χ0) is 21.0. The smallest absolute Gasteiger partial charge is 0.260 e. The number of carbonyl (C=O) groups is 1. The van der Waals surface area contributed by atoms with Gasteiger partial charge in [0.25, 0.3) is 5.91 Å². The second kappa shape index (κ2) is 9.25. The number of carbonyl (C=O) groups excluding carboxylic acids is 1. The van der Waals surface area contributed by atoms with Gasteiger partial charge in [0.15, 0.2) is 6.61 Å². The third kappa shape index (κ3) is 5.26. The van der Waals surface area contributed by atoms with Crippen molar-refractivity contribution in [3.8, 4) is 11.8 Å². The molecular weight excluding hydrogens is 393 g/mol. The number of ether oxygens (including phenoxy) is 1. The van der Waals surface area contributed by atoms with Crippen LogP contribution in [-0.2, 0) is 11.3 Å². The van der Waals surface area contributed by atoms with E-state index in [-0.39, 0.29) is 30.4 Å². The van der Waals surface area contributed by atoms with Gasteiger partial charge in [0, 0.05) is 36.7 Å². The lowest BCUT2D eigenvalue weighted by Gasteiger charge is -2.44. The molecule has 29 heavy (non-hydrogen) atoms. The van der Waals surface area contributed by atoms with Crippen molar-refractivity contribution in [1.82, 2.24) is 9.80 Å². The molecule has 2 atom stereocenters. The molecule has 0 N–H and O–H groups in total. The first kappa shape index (κ1) is 21.1. The summed E-state index contributed by atoms with van der Waals surface area (Å²) in [6, 6.07) is 13.4. The second-order valence-electron chi connectivity index (χ2n) is 7.34. The van der Waals surface area contributed by atoms with Crippen molar-refractivity contribution in [2.45, 2.75) is 32.5 Å². The summed E-state index contributed by atoms with van der Waals surface area (Å²) < 4.78 is 18.7. The van der Waals surface area contributed by atoms with Crippen molar-refractivity contribution in [1.29, 1.82) is 5.26 Å². The molecule has 0 saturated carbocycles. The highest BCUT2D eigenvalue weighted by atomic mass is 35.5. The number of rotatable bonds is 5. The lowest BCUT2D eigenvalue weighted by molar-refractivity contribution is -0.139. The van der Waals surface area contributed by atoms with Gasteiger partial charge in [0.1, 0.15) is 17.6 Å². The fraction of sp³-hybridized carbons (Fsp3) is 0.364. The molecule has 2 aromatic rings. The van der Waals surface area contributed by atoms with Gasteiger partial charge in [-0.25, -0.2) is 4.39 Å². The molecule has 1 aliphatic rings. The average molecular weight is 416 g/mol. The van der Waals surface area contributed by atoms with Crippen LogP contribution in [0, 0.1) is 17.1 Å². The fourth-order valence-corrected chi connectivity index (χ4v) is 3.70. The maximum Gasteiger partial charge on any atom is 0.260 e. The zero-order valence-electron chi connectivity index (χ0n) is 16.4. The maximum absolute atomic E-state index is 13.1. The monoisotopic (exact) mass is 415 g/mol. The molecule has 0 aromatic heterocycles. The summed E-state index contributed by atoms with van der Waals surface area (Å²) in [5.41, 5.74) is 1.34. The molecule has 1 amide bonds. The van der Waals surface area contributed by atoms with E-state index in [1.165, 1.54) is 18.2 Å². The van der Waals surface area contributed by atoms with Crippen molar-refractivity contribution in [2.24, 2.45) is 0 Å². The van der Waals surface area contributed by atoms with Gasteiger partial charge in [-0.15, -0.1) is 0 Å². The molecule has 1 unspecified atom stereocenters. The molecule has 5 nitrogen and oxygen atoms in total. The number of hydrogen-bond acceptors (Lipinski definition) is 4. The number of amides is 1. The van der Waals surface area contributed by atoms with Gasteiger partial charge in [0.05, 0.1) is 5.56 Å². The van der Waals surface area contributed by atoms with Crippen molar-refractivity contribution < 1.29 is 13.9 Å². The largest absolute Gasteiger partial charge is 0.482 e. The van der Waals surface area contributed by atoms with Crippen LogP contribution in [-0.4, -0.2) is 47.5 Å². The summed E-state index contributed by atoms with van der Waals surface area (Å²) in [5, 5.41) is 9.63. The zero-order valence-corrected chi connectivity index (χ0v) is 17.2. The Balaban J connectivity index is 1.58. The molecule has 0 bridgehead atoms. The Hall–Kier alpha value is -2.62. The average Bonchev–Trinajstić information content (AvgIpc) is 2.70. The highest BCUT2D eigenvalue weighted by molar-refractivity contribution is 6.30. The van der Waals surface area contributed by atoms with Gasteiger partial charge >= 0.3 is 0 Å². The minimum absolute atomic E-state index is 0.0170.